The van der Waals surface area contributed by atoms with Gasteiger partial charge in [-0.3, -0.25) is 14.7 Å². The molecule has 3 rings (SSSR count). The van der Waals surface area contributed by atoms with Crippen LogP contribution in [0.2, 0.25) is 0 Å². The van der Waals surface area contributed by atoms with Crippen LogP contribution in [0.1, 0.15) is 5.69 Å². The number of halogens is 1. The number of hydrogen-bond acceptors (Lipinski definition) is 5. The Morgan fingerprint density at radius 1 is 1.38 bits per heavy atom. The Balaban J connectivity index is 1.90. The molecule has 108 valence electrons. The number of rotatable bonds is 3. The molecule has 0 unspecified atom stereocenters. The van der Waals surface area contributed by atoms with E-state index in [-0.39, 0.29) is 12.5 Å². The van der Waals surface area contributed by atoms with E-state index in [1.807, 2.05) is 18.2 Å². The van der Waals surface area contributed by atoms with Gasteiger partial charge in [0.05, 0.1) is 30.3 Å². The average molecular weight is 349 g/mol. The number of carbonyl (C=O) groups is 1. The van der Waals surface area contributed by atoms with Crippen LogP contribution < -0.4 is 15.0 Å². The molecule has 0 aliphatic carbocycles. The minimum absolute atomic E-state index is 0.0384. The first kappa shape index (κ1) is 13.8. The first-order valence-corrected chi connectivity index (χ1v) is 7.18. The van der Waals surface area contributed by atoms with Gasteiger partial charge < -0.3 is 10.1 Å². The molecule has 0 saturated carbocycles. The molecule has 1 aliphatic heterocycles. The monoisotopic (exact) mass is 348 g/mol. The van der Waals surface area contributed by atoms with Gasteiger partial charge in [-0.15, -0.1) is 0 Å². The molecular weight excluding hydrogens is 336 g/mol. The Morgan fingerprint density at radius 3 is 2.95 bits per heavy atom. The zero-order valence-electron chi connectivity index (χ0n) is 11.3. The van der Waals surface area contributed by atoms with E-state index in [1.54, 1.807) is 24.3 Å². The van der Waals surface area contributed by atoms with Crippen molar-refractivity contribution in [1.29, 1.82) is 0 Å². The number of anilines is 2. The highest BCUT2D eigenvalue weighted by Crippen LogP contribution is 2.35. The maximum Gasteiger partial charge on any atom is 0.265 e. The molecule has 0 atom stereocenters. The van der Waals surface area contributed by atoms with Gasteiger partial charge in [0.15, 0.2) is 6.61 Å². The third-order valence-corrected chi connectivity index (χ3v) is 3.64. The smallest absolute Gasteiger partial charge is 0.265 e. The van der Waals surface area contributed by atoms with E-state index < -0.39 is 0 Å². The fourth-order valence-corrected chi connectivity index (χ4v) is 2.43. The van der Waals surface area contributed by atoms with Crippen molar-refractivity contribution in [2.24, 2.45) is 0 Å². The van der Waals surface area contributed by atoms with E-state index in [9.17, 15) is 4.79 Å². The van der Waals surface area contributed by atoms with Crippen LogP contribution in [0.5, 0.6) is 5.75 Å². The van der Waals surface area contributed by atoms with Crippen LogP contribution in [-0.2, 0) is 11.3 Å². The van der Waals surface area contributed by atoms with E-state index in [4.69, 9.17) is 4.74 Å². The highest BCUT2D eigenvalue weighted by molar-refractivity contribution is 9.10. The maximum absolute atomic E-state index is 12.1. The zero-order valence-corrected chi connectivity index (χ0v) is 12.9. The maximum atomic E-state index is 12.1. The van der Waals surface area contributed by atoms with Gasteiger partial charge >= 0.3 is 0 Å². The van der Waals surface area contributed by atoms with Crippen LogP contribution in [0.4, 0.5) is 11.5 Å². The molecule has 7 heteroatoms. The van der Waals surface area contributed by atoms with Gasteiger partial charge in [-0.1, -0.05) is 15.9 Å². The molecule has 1 aromatic heterocycles. The third-order valence-electron chi connectivity index (χ3n) is 3.15. The van der Waals surface area contributed by atoms with Gasteiger partial charge in [-0.2, -0.15) is 0 Å². The van der Waals surface area contributed by atoms with Crippen LogP contribution >= 0.6 is 15.9 Å². The lowest BCUT2D eigenvalue weighted by Gasteiger charge is -2.29. The van der Waals surface area contributed by atoms with E-state index in [0.717, 1.165) is 15.9 Å². The molecule has 0 radical (unpaired) electrons. The van der Waals surface area contributed by atoms with Crippen LogP contribution in [0.3, 0.4) is 0 Å². The Hall–Kier alpha value is -2.15. The van der Waals surface area contributed by atoms with E-state index in [0.29, 0.717) is 18.1 Å². The predicted octanol–water partition coefficient (Wildman–Crippen LogP) is 2.21. The van der Waals surface area contributed by atoms with Crippen LogP contribution in [0.25, 0.3) is 0 Å². The number of nitrogens with one attached hydrogen (secondary N) is 1. The lowest BCUT2D eigenvalue weighted by Crippen LogP contribution is -2.38. The highest BCUT2D eigenvalue weighted by atomic mass is 79.9. The Morgan fingerprint density at radius 2 is 2.24 bits per heavy atom. The Labute approximate surface area is 130 Å². The van der Waals surface area contributed by atoms with Crippen molar-refractivity contribution in [3.05, 3.63) is 40.8 Å². The molecule has 1 aromatic carbocycles. The summed E-state index contributed by atoms with van der Waals surface area (Å²) in [5.41, 5.74) is 1.45. The quantitative estimate of drug-likeness (QED) is 0.920. The van der Waals surface area contributed by atoms with Gasteiger partial charge in [0, 0.05) is 11.5 Å². The number of fused-ring (bicyclic) bond motifs is 1. The molecule has 0 bridgehead atoms. The van der Waals surface area contributed by atoms with Crippen molar-refractivity contribution in [3.63, 3.8) is 0 Å². The second kappa shape index (κ2) is 5.69. The number of amides is 1. The molecule has 1 N–H and O–H groups in total. The van der Waals surface area contributed by atoms with Crippen molar-refractivity contribution in [1.82, 2.24) is 9.97 Å². The van der Waals surface area contributed by atoms with Crippen LogP contribution in [-0.4, -0.2) is 29.5 Å². The summed E-state index contributed by atoms with van der Waals surface area (Å²) in [5.74, 6) is 1.29. The fraction of sp³-hybridized carbons (Fsp3) is 0.214. The second-order valence-corrected chi connectivity index (χ2v) is 5.44. The largest absolute Gasteiger partial charge is 0.482 e. The van der Waals surface area contributed by atoms with Crippen molar-refractivity contribution in [3.8, 4) is 5.75 Å². The Bertz CT molecular complexity index is 675. The first-order chi connectivity index (χ1) is 10.2. The minimum atomic E-state index is -0.0971. The molecule has 2 heterocycles. The number of carbonyl (C=O) groups excluding carboxylic acids is 1. The van der Waals surface area contributed by atoms with E-state index in [2.05, 4.69) is 31.2 Å². The first-order valence-electron chi connectivity index (χ1n) is 6.39. The SMILES string of the molecule is CNc1cnc(CN2C(=O)COc3ccc(Br)cc32)cn1. The van der Waals surface area contributed by atoms with Crippen molar-refractivity contribution in [2.75, 3.05) is 23.9 Å². The lowest BCUT2D eigenvalue weighted by atomic mass is 10.2. The highest BCUT2D eigenvalue weighted by Gasteiger charge is 2.26. The predicted molar refractivity (Wildman–Crippen MR) is 82.4 cm³/mol. The third kappa shape index (κ3) is 2.82. The van der Waals surface area contributed by atoms with Crippen LogP contribution in [0.15, 0.2) is 35.1 Å². The molecule has 0 spiro atoms. The minimum Gasteiger partial charge on any atom is -0.482 e. The van der Waals surface area contributed by atoms with E-state index in [1.165, 1.54) is 0 Å². The molecule has 0 fully saturated rings. The molecular formula is C14H13BrN4O2. The van der Waals surface area contributed by atoms with Crippen LogP contribution in [0, 0.1) is 0 Å². The van der Waals surface area contributed by atoms with Crippen molar-refractivity contribution >= 4 is 33.3 Å². The average Bonchev–Trinajstić information content (AvgIpc) is 2.51. The fourth-order valence-electron chi connectivity index (χ4n) is 2.08. The summed E-state index contributed by atoms with van der Waals surface area (Å²) in [4.78, 5) is 22.3. The van der Waals surface area contributed by atoms with Gasteiger partial charge in [-0.05, 0) is 18.2 Å². The summed E-state index contributed by atoms with van der Waals surface area (Å²) in [6.07, 6.45) is 3.30. The summed E-state index contributed by atoms with van der Waals surface area (Å²) in [6.45, 7) is 0.402. The lowest BCUT2D eigenvalue weighted by molar-refractivity contribution is -0.121. The molecule has 1 aliphatic rings. The molecule has 6 nitrogen and oxygen atoms in total. The van der Waals surface area contributed by atoms with Crippen molar-refractivity contribution in [2.45, 2.75) is 6.54 Å². The summed E-state index contributed by atoms with van der Waals surface area (Å²) in [6, 6.07) is 5.59. The standard InChI is InChI=1S/C14H13BrN4O2/c1-16-13-6-17-10(5-18-13)7-19-11-4-9(15)2-3-12(11)21-8-14(19)20/h2-6H,7-8H2,1H3,(H,16,18). The Kier molecular flexibility index (Phi) is 3.74. The van der Waals surface area contributed by atoms with Gasteiger partial charge in [0.25, 0.3) is 5.91 Å². The summed E-state index contributed by atoms with van der Waals surface area (Å²) in [5, 5.41) is 2.91. The number of hydrogen-bond donors (Lipinski definition) is 1. The summed E-state index contributed by atoms with van der Waals surface area (Å²) >= 11 is 3.41. The summed E-state index contributed by atoms with van der Waals surface area (Å²) < 4.78 is 6.33. The molecule has 1 amide bonds. The number of aromatic nitrogens is 2. The molecule has 0 saturated heterocycles. The van der Waals surface area contributed by atoms with E-state index >= 15 is 0 Å². The zero-order chi connectivity index (χ0) is 14.8. The molecule has 2 aromatic rings. The summed E-state index contributed by atoms with van der Waals surface area (Å²) in [7, 11) is 1.78. The second-order valence-electron chi connectivity index (χ2n) is 4.52. The number of nitrogens with zero attached hydrogens (tertiary/aromatic N) is 3. The molecule has 21 heavy (non-hydrogen) atoms. The topological polar surface area (TPSA) is 67.4 Å². The van der Waals surface area contributed by atoms with Gasteiger partial charge in [0.1, 0.15) is 11.6 Å². The number of benzene rings is 1. The van der Waals surface area contributed by atoms with Gasteiger partial charge in [-0.25, -0.2) is 4.98 Å². The van der Waals surface area contributed by atoms with Gasteiger partial charge in [0.2, 0.25) is 0 Å². The number of ether oxygens (including phenoxy) is 1. The normalized spacial score (nSPS) is 13.6. The van der Waals surface area contributed by atoms with Crippen molar-refractivity contribution < 1.29 is 9.53 Å².